The number of rotatable bonds is 3. The van der Waals surface area contributed by atoms with Gasteiger partial charge in [-0.1, -0.05) is 6.42 Å². The van der Waals surface area contributed by atoms with E-state index in [0.717, 1.165) is 12.5 Å². The standard InChI is InChI=1S/C12H19N3S/c1-2-4-14-10(3-1)11-8-16-12(15-11)5-9-6-13-7-9/h8-10,13-14H,1-7H2. The fourth-order valence-electron chi connectivity index (χ4n) is 2.42. The van der Waals surface area contributed by atoms with Gasteiger partial charge in [0.2, 0.25) is 0 Å². The Morgan fingerprint density at radius 1 is 1.38 bits per heavy atom. The molecule has 0 bridgehead atoms. The molecule has 1 atom stereocenters. The molecule has 0 amide bonds. The fraction of sp³-hybridized carbons (Fsp3) is 0.750. The van der Waals surface area contributed by atoms with Crippen molar-refractivity contribution in [3.8, 4) is 0 Å². The van der Waals surface area contributed by atoms with Crippen LogP contribution < -0.4 is 10.6 Å². The molecule has 3 heterocycles. The molecule has 3 nitrogen and oxygen atoms in total. The van der Waals surface area contributed by atoms with Crippen molar-refractivity contribution < 1.29 is 0 Å². The Kier molecular flexibility index (Phi) is 3.22. The third-order valence-electron chi connectivity index (χ3n) is 3.57. The molecule has 0 saturated carbocycles. The summed E-state index contributed by atoms with van der Waals surface area (Å²) in [6.45, 7) is 3.51. The molecule has 16 heavy (non-hydrogen) atoms. The Morgan fingerprint density at radius 3 is 3.00 bits per heavy atom. The highest BCUT2D eigenvalue weighted by Gasteiger charge is 2.21. The van der Waals surface area contributed by atoms with Crippen molar-refractivity contribution in [2.45, 2.75) is 31.7 Å². The molecule has 2 fully saturated rings. The molecule has 88 valence electrons. The summed E-state index contributed by atoms with van der Waals surface area (Å²) in [5, 5.41) is 10.5. The van der Waals surface area contributed by atoms with E-state index in [2.05, 4.69) is 16.0 Å². The number of thiazole rings is 1. The van der Waals surface area contributed by atoms with E-state index in [0.29, 0.717) is 6.04 Å². The minimum Gasteiger partial charge on any atom is -0.316 e. The number of nitrogens with zero attached hydrogens (tertiary/aromatic N) is 1. The summed E-state index contributed by atoms with van der Waals surface area (Å²) in [5.41, 5.74) is 1.28. The van der Waals surface area contributed by atoms with E-state index in [1.807, 2.05) is 11.3 Å². The van der Waals surface area contributed by atoms with Crippen molar-refractivity contribution in [1.29, 1.82) is 0 Å². The van der Waals surface area contributed by atoms with E-state index in [9.17, 15) is 0 Å². The molecule has 4 heteroatoms. The summed E-state index contributed by atoms with van der Waals surface area (Å²) in [6.07, 6.45) is 5.09. The van der Waals surface area contributed by atoms with Crippen LogP contribution in [0, 0.1) is 5.92 Å². The number of nitrogens with one attached hydrogen (secondary N) is 2. The maximum Gasteiger partial charge on any atom is 0.0932 e. The Labute approximate surface area is 101 Å². The first-order chi connectivity index (χ1) is 7.92. The van der Waals surface area contributed by atoms with Crippen molar-refractivity contribution in [1.82, 2.24) is 15.6 Å². The molecule has 1 unspecified atom stereocenters. The van der Waals surface area contributed by atoms with Crippen LogP contribution in [0.3, 0.4) is 0 Å². The van der Waals surface area contributed by atoms with Crippen LogP contribution in [0.15, 0.2) is 5.38 Å². The van der Waals surface area contributed by atoms with Crippen molar-refractivity contribution >= 4 is 11.3 Å². The van der Waals surface area contributed by atoms with Crippen LogP contribution in [0.2, 0.25) is 0 Å². The summed E-state index contributed by atoms with van der Waals surface area (Å²) < 4.78 is 0. The molecule has 2 saturated heterocycles. The Hall–Kier alpha value is -0.450. The number of hydrogen-bond acceptors (Lipinski definition) is 4. The number of hydrogen-bond donors (Lipinski definition) is 2. The van der Waals surface area contributed by atoms with E-state index in [-0.39, 0.29) is 0 Å². The Bertz CT molecular complexity index is 340. The zero-order valence-corrected chi connectivity index (χ0v) is 10.4. The first kappa shape index (κ1) is 10.7. The molecule has 0 aromatic carbocycles. The minimum atomic E-state index is 0.526. The van der Waals surface area contributed by atoms with Gasteiger partial charge in [-0.3, -0.25) is 0 Å². The third kappa shape index (κ3) is 2.29. The zero-order valence-electron chi connectivity index (χ0n) is 9.54. The zero-order chi connectivity index (χ0) is 10.8. The van der Waals surface area contributed by atoms with E-state index in [1.165, 1.54) is 49.5 Å². The van der Waals surface area contributed by atoms with Crippen LogP contribution in [0.25, 0.3) is 0 Å². The largest absolute Gasteiger partial charge is 0.316 e. The molecule has 2 aliphatic heterocycles. The fourth-order valence-corrected chi connectivity index (χ4v) is 3.39. The van der Waals surface area contributed by atoms with Crippen LogP contribution in [0.1, 0.15) is 36.0 Å². The van der Waals surface area contributed by atoms with Gasteiger partial charge in [-0.2, -0.15) is 0 Å². The van der Waals surface area contributed by atoms with Gasteiger partial charge in [0.1, 0.15) is 0 Å². The average Bonchev–Trinajstić information content (AvgIpc) is 2.73. The number of aromatic nitrogens is 1. The minimum absolute atomic E-state index is 0.526. The highest BCUT2D eigenvalue weighted by molar-refractivity contribution is 7.09. The van der Waals surface area contributed by atoms with Gasteiger partial charge < -0.3 is 10.6 Å². The SMILES string of the molecule is c1sc(CC2CNC2)nc1C1CCCCN1. The van der Waals surface area contributed by atoms with Gasteiger partial charge in [0, 0.05) is 11.8 Å². The predicted octanol–water partition coefficient (Wildman–Crippen LogP) is 1.72. The molecule has 1 aromatic rings. The first-order valence-corrected chi connectivity index (χ1v) is 7.18. The predicted molar refractivity (Wildman–Crippen MR) is 66.8 cm³/mol. The average molecular weight is 237 g/mol. The molecular weight excluding hydrogens is 218 g/mol. The van der Waals surface area contributed by atoms with Crippen LogP contribution in [-0.4, -0.2) is 24.6 Å². The lowest BCUT2D eigenvalue weighted by molar-refractivity contribution is 0.345. The first-order valence-electron chi connectivity index (χ1n) is 6.30. The quantitative estimate of drug-likeness (QED) is 0.840. The third-order valence-corrected chi connectivity index (χ3v) is 4.46. The van der Waals surface area contributed by atoms with Gasteiger partial charge >= 0.3 is 0 Å². The summed E-state index contributed by atoms with van der Waals surface area (Å²) in [5.74, 6) is 0.832. The smallest absolute Gasteiger partial charge is 0.0932 e. The van der Waals surface area contributed by atoms with E-state index in [1.54, 1.807) is 0 Å². The summed E-state index contributed by atoms with van der Waals surface area (Å²) in [7, 11) is 0. The lowest BCUT2D eigenvalue weighted by Crippen LogP contribution is -2.43. The van der Waals surface area contributed by atoms with E-state index < -0.39 is 0 Å². The van der Waals surface area contributed by atoms with Gasteiger partial charge in [-0.25, -0.2) is 4.98 Å². The summed E-state index contributed by atoms with van der Waals surface area (Å²) in [4.78, 5) is 4.78. The molecule has 0 radical (unpaired) electrons. The van der Waals surface area contributed by atoms with Crippen LogP contribution in [0.4, 0.5) is 0 Å². The maximum atomic E-state index is 4.78. The van der Waals surface area contributed by atoms with E-state index >= 15 is 0 Å². The molecule has 2 aliphatic rings. The van der Waals surface area contributed by atoms with E-state index in [4.69, 9.17) is 4.98 Å². The Morgan fingerprint density at radius 2 is 2.31 bits per heavy atom. The monoisotopic (exact) mass is 237 g/mol. The van der Waals surface area contributed by atoms with Gasteiger partial charge in [0.05, 0.1) is 16.7 Å². The van der Waals surface area contributed by atoms with Gasteiger partial charge in [-0.15, -0.1) is 11.3 Å². The van der Waals surface area contributed by atoms with Crippen molar-refractivity contribution in [2.75, 3.05) is 19.6 Å². The van der Waals surface area contributed by atoms with Crippen LogP contribution in [-0.2, 0) is 6.42 Å². The second kappa shape index (κ2) is 4.82. The second-order valence-corrected chi connectivity index (χ2v) is 5.84. The molecule has 0 aliphatic carbocycles. The van der Waals surface area contributed by atoms with Crippen LogP contribution >= 0.6 is 11.3 Å². The Balaban J connectivity index is 1.61. The van der Waals surface area contributed by atoms with Crippen molar-refractivity contribution in [3.63, 3.8) is 0 Å². The van der Waals surface area contributed by atoms with Gasteiger partial charge in [0.15, 0.2) is 0 Å². The lowest BCUT2D eigenvalue weighted by Gasteiger charge is -2.26. The molecule has 0 spiro atoms. The topological polar surface area (TPSA) is 37.0 Å². The summed E-state index contributed by atoms with van der Waals surface area (Å²) in [6, 6.07) is 0.526. The van der Waals surface area contributed by atoms with Crippen molar-refractivity contribution in [2.24, 2.45) is 5.92 Å². The lowest BCUT2D eigenvalue weighted by atomic mass is 10.00. The highest BCUT2D eigenvalue weighted by atomic mass is 32.1. The molecule has 1 aromatic heterocycles. The molecule has 3 rings (SSSR count). The number of piperidine rings is 1. The van der Waals surface area contributed by atoms with Crippen LogP contribution in [0.5, 0.6) is 0 Å². The maximum absolute atomic E-state index is 4.78. The summed E-state index contributed by atoms with van der Waals surface area (Å²) >= 11 is 1.84. The van der Waals surface area contributed by atoms with Gasteiger partial charge in [-0.05, 0) is 38.4 Å². The highest BCUT2D eigenvalue weighted by Crippen LogP contribution is 2.25. The van der Waals surface area contributed by atoms with Crippen molar-refractivity contribution in [3.05, 3.63) is 16.1 Å². The normalized spacial score (nSPS) is 26.6. The molecular formula is C12H19N3S. The molecule has 2 N–H and O–H groups in total. The second-order valence-electron chi connectivity index (χ2n) is 4.90. The van der Waals surface area contributed by atoms with Gasteiger partial charge in [0.25, 0.3) is 0 Å².